The van der Waals surface area contributed by atoms with E-state index in [4.69, 9.17) is 0 Å². The van der Waals surface area contributed by atoms with Crippen molar-refractivity contribution in [3.05, 3.63) is 117 Å². The molecule has 1 amide bonds. The third-order valence-electron chi connectivity index (χ3n) is 4.90. The zero-order chi connectivity index (χ0) is 21.8. The minimum Gasteiger partial charge on any atom is -0.326 e. The Kier molecular flexibility index (Phi) is 5.62. The Hall–Kier alpha value is -4.19. The number of carbonyl (C=O) groups excluding carboxylic acids is 1. The first-order valence-corrected chi connectivity index (χ1v) is 9.86. The largest absolute Gasteiger partial charge is 0.332 e. The van der Waals surface area contributed by atoms with E-state index in [1.807, 2.05) is 30.3 Å². The van der Waals surface area contributed by atoms with E-state index in [-0.39, 0.29) is 12.3 Å². The van der Waals surface area contributed by atoms with Crippen molar-refractivity contribution in [2.75, 3.05) is 5.32 Å². The van der Waals surface area contributed by atoms with Gasteiger partial charge < -0.3 is 5.32 Å². The number of aromatic nitrogens is 2. The van der Waals surface area contributed by atoms with Crippen molar-refractivity contribution in [1.82, 2.24) is 9.55 Å². The van der Waals surface area contributed by atoms with Crippen molar-refractivity contribution in [3.8, 4) is 16.8 Å². The second kappa shape index (κ2) is 8.67. The molecule has 0 unspecified atom stereocenters. The number of carbonyl (C=O) groups is 1. The maximum absolute atomic E-state index is 12.5. The second-order valence-corrected chi connectivity index (χ2v) is 7.32. The summed E-state index contributed by atoms with van der Waals surface area (Å²) >= 11 is 0. The number of benzene rings is 3. The van der Waals surface area contributed by atoms with Crippen LogP contribution in [0.25, 0.3) is 16.8 Å². The van der Waals surface area contributed by atoms with Gasteiger partial charge in [0.2, 0.25) is 5.91 Å². The van der Waals surface area contributed by atoms with Crippen molar-refractivity contribution in [2.24, 2.45) is 0 Å². The van der Waals surface area contributed by atoms with Crippen LogP contribution in [-0.2, 0) is 11.2 Å². The number of anilines is 1. The van der Waals surface area contributed by atoms with Gasteiger partial charge in [0, 0.05) is 18.0 Å². The molecule has 0 aliphatic carbocycles. The van der Waals surface area contributed by atoms with Crippen molar-refractivity contribution in [2.45, 2.75) is 13.3 Å². The molecule has 0 aliphatic heterocycles. The molecule has 1 heterocycles. The summed E-state index contributed by atoms with van der Waals surface area (Å²) in [6.45, 7) is 2.06. The standard InChI is InChI=1S/C25H21N3O3/c1-17-4-2-6-19(14-17)20-7-3-5-18(15-20)16-24(30)26-21-8-10-22(11-9-21)28-13-12-23(29)27-25(28)31/h2-15H,16H2,1H3,(H,26,30)(H,27,29,31). The summed E-state index contributed by atoms with van der Waals surface area (Å²) in [5.41, 5.74) is 4.56. The third kappa shape index (κ3) is 4.87. The Labute approximate surface area is 178 Å². The molecule has 1 aromatic heterocycles. The molecule has 0 fully saturated rings. The third-order valence-corrected chi connectivity index (χ3v) is 4.90. The summed E-state index contributed by atoms with van der Waals surface area (Å²) in [6, 6.07) is 24.3. The van der Waals surface area contributed by atoms with Crippen LogP contribution in [0.5, 0.6) is 0 Å². The van der Waals surface area contributed by atoms with Crippen LogP contribution in [0, 0.1) is 6.92 Å². The molecule has 6 nitrogen and oxygen atoms in total. The summed E-state index contributed by atoms with van der Waals surface area (Å²) in [6.07, 6.45) is 1.66. The molecule has 0 spiro atoms. The number of nitrogens with one attached hydrogen (secondary N) is 2. The highest BCUT2D eigenvalue weighted by molar-refractivity contribution is 5.92. The molecule has 3 aromatic carbocycles. The zero-order valence-electron chi connectivity index (χ0n) is 17.0. The molecule has 0 atom stereocenters. The van der Waals surface area contributed by atoms with Gasteiger partial charge in [-0.3, -0.25) is 19.1 Å². The van der Waals surface area contributed by atoms with Gasteiger partial charge in [-0.05, 0) is 47.9 Å². The van der Waals surface area contributed by atoms with Crippen molar-refractivity contribution in [1.29, 1.82) is 0 Å². The lowest BCUT2D eigenvalue weighted by Crippen LogP contribution is -2.27. The van der Waals surface area contributed by atoms with Crippen LogP contribution in [-0.4, -0.2) is 15.5 Å². The fraction of sp³-hybridized carbons (Fsp3) is 0.0800. The lowest BCUT2D eigenvalue weighted by atomic mass is 10.0. The molecule has 4 aromatic rings. The molecule has 2 N–H and O–H groups in total. The highest BCUT2D eigenvalue weighted by atomic mass is 16.2. The minimum absolute atomic E-state index is 0.129. The molecule has 6 heteroatoms. The van der Waals surface area contributed by atoms with Gasteiger partial charge in [0.15, 0.2) is 0 Å². The number of nitrogens with zero attached hydrogens (tertiary/aromatic N) is 1. The van der Waals surface area contributed by atoms with E-state index in [0.29, 0.717) is 11.4 Å². The lowest BCUT2D eigenvalue weighted by Gasteiger charge is -2.09. The van der Waals surface area contributed by atoms with Crippen molar-refractivity contribution >= 4 is 11.6 Å². The lowest BCUT2D eigenvalue weighted by molar-refractivity contribution is -0.115. The Bertz CT molecular complexity index is 1350. The van der Waals surface area contributed by atoms with Gasteiger partial charge in [-0.1, -0.05) is 54.1 Å². The average molecular weight is 411 g/mol. The molecule has 31 heavy (non-hydrogen) atoms. The predicted molar refractivity (Wildman–Crippen MR) is 122 cm³/mol. The summed E-state index contributed by atoms with van der Waals surface area (Å²) < 4.78 is 1.32. The fourth-order valence-electron chi connectivity index (χ4n) is 3.40. The van der Waals surface area contributed by atoms with Crippen molar-refractivity contribution < 1.29 is 4.79 Å². The maximum atomic E-state index is 12.5. The first kappa shape index (κ1) is 20.1. The van der Waals surface area contributed by atoms with Crippen LogP contribution >= 0.6 is 0 Å². The monoisotopic (exact) mass is 411 g/mol. The van der Waals surface area contributed by atoms with Crippen molar-refractivity contribution in [3.63, 3.8) is 0 Å². The number of rotatable bonds is 5. The highest BCUT2D eigenvalue weighted by Crippen LogP contribution is 2.22. The number of amides is 1. The fourth-order valence-corrected chi connectivity index (χ4v) is 3.40. The van der Waals surface area contributed by atoms with Gasteiger partial charge >= 0.3 is 5.69 Å². The molecular weight excluding hydrogens is 390 g/mol. The van der Waals surface area contributed by atoms with Crippen LogP contribution in [0.4, 0.5) is 5.69 Å². The van der Waals surface area contributed by atoms with Crippen LogP contribution in [0.2, 0.25) is 0 Å². The Morgan fingerprint density at radius 1 is 0.903 bits per heavy atom. The van der Waals surface area contributed by atoms with E-state index in [2.05, 4.69) is 35.4 Å². The summed E-state index contributed by atoms with van der Waals surface area (Å²) in [5.74, 6) is -0.129. The zero-order valence-corrected chi connectivity index (χ0v) is 17.0. The Balaban J connectivity index is 1.45. The SMILES string of the molecule is Cc1cccc(-c2cccc(CC(=O)Nc3ccc(-n4ccc(=O)[nH]c4=O)cc3)c2)c1. The van der Waals surface area contributed by atoms with E-state index >= 15 is 0 Å². The molecule has 0 saturated heterocycles. The van der Waals surface area contributed by atoms with Crippen LogP contribution in [0.15, 0.2) is 94.6 Å². The summed E-state index contributed by atoms with van der Waals surface area (Å²) in [4.78, 5) is 37.8. The predicted octanol–water partition coefficient (Wildman–Crippen LogP) is 3.68. The van der Waals surface area contributed by atoms with E-state index in [9.17, 15) is 14.4 Å². The quantitative estimate of drug-likeness (QED) is 0.525. The molecule has 4 rings (SSSR count). The van der Waals surface area contributed by atoms with Gasteiger partial charge in [0.25, 0.3) is 5.56 Å². The van der Waals surface area contributed by atoms with Crippen LogP contribution in [0.1, 0.15) is 11.1 Å². The topological polar surface area (TPSA) is 84.0 Å². The number of hydrogen-bond donors (Lipinski definition) is 2. The first-order valence-electron chi connectivity index (χ1n) is 9.86. The smallest absolute Gasteiger partial charge is 0.326 e. The van der Waals surface area contributed by atoms with Gasteiger partial charge in [0.05, 0.1) is 12.1 Å². The van der Waals surface area contributed by atoms with E-state index in [1.54, 1.807) is 24.3 Å². The van der Waals surface area contributed by atoms with Gasteiger partial charge in [-0.25, -0.2) is 4.79 Å². The first-order chi connectivity index (χ1) is 15.0. The molecule has 0 aliphatic rings. The highest BCUT2D eigenvalue weighted by Gasteiger charge is 2.07. The molecular formula is C25H21N3O3. The molecule has 0 bridgehead atoms. The second-order valence-electron chi connectivity index (χ2n) is 7.32. The van der Waals surface area contributed by atoms with E-state index in [0.717, 1.165) is 16.7 Å². The maximum Gasteiger partial charge on any atom is 0.332 e. The number of aryl methyl sites for hydroxylation is 1. The van der Waals surface area contributed by atoms with Gasteiger partial charge in [0.1, 0.15) is 0 Å². The summed E-state index contributed by atoms with van der Waals surface area (Å²) in [7, 11) is 0. The summed E-state index contributed by atoms with van der Waals surface area (Å²) in [5, 5.41) is 2.88. The van der Waals surface area contributed by atoms with Gasteiger partial charge in [-0.2, -0.15) is 0 Å². The average Bonchev–Trinajstić information content (AvgIpc) is 2.75. The molecule has 154 valence electrons. The normalized spacial score (nSPS) is 10.6. The molecule has 0 saturated carbocycles. The Morgan fingerprint density at radius 3 is 2.32 bits per heavy atom. The molecule has 0 radical (unpaired) electrons. The van der Waals surface area contributed by atoms with Crippen LogP contribution < -0.4 is 16.6 Å². The number of hydrogen-bond acceptors (Lipinski definition) is 3. The van der Waals surface area contributed by atoms with E-state index in [1.165, 1.54) is 22.4 Å². The minimum atomic E-state index is -0.516. The van der Waals surface area contributed by atoms with Crippen LogP contribution in [0.3, 0.4) is 0 Å². The van der Waals surface area contributed by atoms with E-state index < -0.39 is 11.2 Å². The number of aromatic amines is 1. The Morgan fingerprint density at radius 2 is 1.61 bits per heavy atom. The number of H-pyrrole nitrogens is 1. The van der Waals surface area contributed by atoms with Gasteiger partial charge in [-0.15, -0.1) is 0 Å².